The van der Waals surface area contributed by atoms with Crippen molar-refractivity contribution in [1.29, 1.82) is 0 Å². The molecular formula is C10H8FNO. The Labute approximate surface area is 75.8 Å². The molecule has 0 aliphatic heterocycles. The number of rotatable bonds is 3. The van der Waals surface area contributed by atoms with Crippen molar-refractivity contribution in [2.75, 3.05) is 0 Å². The maximum absolute atomic E-state index is 12.6. The van der Waals surface area contributed by atoms with E-state index in [4.69, 9.17) is 6.42 Å². The van der Waals surface area contributed by atoms with Crippen molar-refractivity contribution in [3.8, 4) is 12.3 Å². The van der Waals surface area contributed by atoms with Gasteiger partial charge >= 0.3 is 0 Å². The summed E-state index contributed by atoms with van der Waals surface area (Å²) >= 11 is 0. The molecule has 13 heavy (non-hydrogen) atoms. The fourth-order valence-corrected chi connectivity index (χ4v) is 0.894. The van der Waals surface area contributed by atoms with Crippen LogP contribution in [-0.2, 0) is 0 Å². The monoisotopic (exact) mass is 177 g/mol. The minimum absolute atomic E-state index is 0.176. The quantitative estimate of drug-likeness (QED) is 0.520. The Morgan fingerprint density at radius 2 is 2.38 bits per heavy atom. The molecule has 0 radical (unpaired) electrons. The number of hydrogen-bond acceptors (Lipinski definition) is 2. The highest BCUT2D eigenvalue weighted by Gasteiger charge is 2.05. The van der Waals surface area contributed by atoms with Crippen LogP contribution in [0.25, 0.3) is 0 Å². The van der Waals surface area contributed by atoms with Gasteiger partial charge < -0.3 is 0 Å². The summed E-state index contributed by atoms with van der Waals surface area (Å²) < 4.78 is 12.6. The molecule has 0 atom stereocenters. The predicted molar refractivity (Wildman–Crippen MR) is 46.6 cm³/mol. The summed E-state index contributed by atoms with van der Waals surface area (Å²) in [6.45, 7) is 0. The van der Waals surface area contributed by atoms with Crippen LogP contribution in [0.3, 0.4) is 0 Å². The Kier molecular flexibility index (Phi) is 3.15. The number of ketones is 1. The highest BCUT2D eigenvalue weighted by molar-refractivity contribution is 5.95. The second-order valence-corrected chi connectivity index (χ2v) is 2.52. The van der Waals surface area contributed by atoms with Crippen LogP contribution >= 0.6 is 0 Å². The average Bonchev–Trinajstić information content (AvgIpc) is 2.14. The van der Waals surface area contributed by atoms with Gasteiger partial charge in [0.15, 0.2) is 5.78 Å². The summed E-state index contributed by atoms with van der Waals surface area (Å²) in [4.78, 5) is 14.8. The Morgan fingerprint density at radius 3 is 3.00 bits per heavy atom. The first-order valence-electron chi connectivity index (χ1n) is 3.81. The number of nitrogens with zero attached hydrogens (tertiary/aromatic N) is 1. The predicted octanol–water partition coefficient (Wildman–Crippen LogP) is 1.82. The van der Waals surface area contributed by atoms with Crippen LogP contribution in [0.4, 0.5) is 4.39 Å². The summed E-state index contributed by atoms with van der Waals surface area (Å²) in [5.41, 5.74) is 0.273. The number of carbonyl (C=O) groups is 1. The molecule has 0 aromatic carbocycles. The van der Waals surface area contributed by atoms with E-state index in [1.54, 1.807) is 0 Å². The molecule has 66 valence electrons. The third-order valence-corrected chi connectivity index (χ3v) is 1.52. The van der Waals surface area contributed by atoms with Gasteiger partial charge in [-0.25, -0.2) is 4.39 Å². The minimum atomic E-state index is -0.508. The van der Waals surface area contributed by atoms with E-state index in [1.165, 1.54) is 6.20 Å². The molecule has 1 aromatic rings. The zero-order valence-electron chi connectivity index (χ0n) is 6.96. The lowest BCUT2D eigenvalue weighted by atomic mass is 10.1. The molecule has 0 spiro atoms. The Balaban J connectivity index is 2.72. The van der Waals surface area contributed by atoms with Gasteiger partial charge in [-0.1, -0.05) is 0 Å². The maximum atomic E-state index is 12.6. The molecule has 1 heterocycles. The van der Waals surface area contributed by atoms with E-state index in [2.05, 4.69) is 10.9 Å². The third kappa shape index (κ3) is 2.68. The molecule has 0 fully saturated rings. The van der Waals surface area contributed by atoms with Gasteiger partial charge in [-0.2, -0.15) is 0 Å². The lowest BCUT2D eigenvalue weighted by Crippen LogP contribution is -1.99. The van der Waals surface area contributed by atoms with Gasteiger partial charge in [0.25, 0.3) is 0 Å². The van der Waals surface area contributed by atoms with Gasteiger partial charge in [0, 0.05) is 24.6 Å². The summed E-state index contributed by atoms with van der Waals surface area (Å²) in [6, 6.07) is 1.16. The van der Waals surface area contributed by atoms with Crippen molar-refractivity contribution < 1.29 is 9.18 Å². The second-order valence-electron chi connectivity index (χ2n) is 2.52. The maximum Gasteiger partial charge on any atom is 0.165 e. The fraction of sp³-hybridized carbons (Fsp3) is 0.200. The van der Waals surface area contributed by atoms with Gasteiger partial charge in [-0.3, -0.25) is 9.78 Å². The molecule has 2 nitrogen and oxygen atoms in total. The summed E-state index contributed by atoms with van der Waals surface area (Å²) in [5, 5.41) is 0. The lowest BCUT2D eigenvalue weighted by Gasteiger charge is -1.96. The number of carbonyl (C=O) groups excluding carboxylic acids is 1. The van der Waals surface area contributed by atoms with Crippen LogP contribution in [0.1, 0.15) is 23.2 Å². The van der Waals surface area contributed by atoms with Crippen molar-refractivity contribution >= 4 is 5.78 Å². The zero-order valence-corrected chi connectivity index (χ0v) is 6.96. The number of terminal acetylenes is 1. The normalized spacial score (nSPS) is 9.23. The minimum Gasteiger partial charge on any atom is -0.294 e. The van der Waals surface area contributed by atoms with E-state index in [9.17, 15) is 9.18 Å². The van der Waals surface area contributed by atoms with Gasteiger partial charge in [-0.15, -0.1) is 12.3 Å². The van der Waals surface area contributed by atoms with Gasteiger partial charge in [-0.05, 0) is 6.07 Å². The van der Waals surface area contributed by atoms with Gasteiger partial charge in [0.1, 0.15) is 5.82 Å². The molecular weight excluding hydrogens is 169 g/mol. The van der Waals surface area contributed by atoms with E-state index in [-0.39, 0.29) is 17.8 Å². The van der Waals surface area contributed by atoms with Crippen molar-refractivity contribution in [3.63, 3.8) is 0 Å². The topological polar surface area (TPSA) is 30.0 Å². The molecule has 1 rings (SSSR count). The molecule has 0 saturated carbocycles. The molecule has 3 heteroatoms. The fourth-order valence-electron chi connectivity index (χ4n) is 0.894. The molecule has 0 bridgehead atoms. The standard InChI is InChI=1S/C10H8FNO/c1-2-3-4-10(13)8-5-9(11)7-12-6-8/h1,5-7H,3-4H2. The molecule has 0 N–H and O–H groups in total. The number of Topliss-reactive ketones (excluding diaryl/α,β-unsaturated/α-hetero) is 1. The van der Waals surface area contributed by atoms with Crippen LogP contribution < -0.4 is 0 Å². The number of aromatic nitrogens is 1. The molecule has 0 unspecified atom stereocenters. The number of halogens is 1. The van der Waals surface area contributed by atoms with Crippen LogP contribution in [0.2, 0.25) is 0 Å². The SMILES string of the molecule is C#CCCC(=O)c1cncc(F)c1. The Morgan fingerprint density at radius 1 is 1.62 bits per heavy atom. The van der Waals surface area contributed by atoms with E-state index >= 15 is 0 Å². The van der Waals surface area contributed by atoms with E-state index < -0.39 is 5.82 Å². The molecule has 0 amide bonds. The summed E-state index contributed by atoms with van der Waals surface area (Å²) in [7, 11) is 0. The summed E-state index contributed by atoms with van der Waals surface area (Å²) in [6.07, 6.45) is 7.99. The largest absolute Gasteiger partial charge is 0.294 e. The molecule has 0 aliphatic rings. The zero-order chi connectivity index (χ0) is 9.68. The number of hydrogen-bond donors (Lipinski definition) is 0. The molecule has 0 saturated heterocycles. The van der Waals surface area contributed by atoms with Crippen LogP contribution in [0.5, 0.6) is 0 Å². The van der Waals surface area contributed by atoms with Crippen molar-refractivity contribution in [2.24, 2.45) is 0 Å². The van der Waals surface area contributed by atoms with E-state index in [0.717, 1.165) is 12.3 Å². The highest BCUT2D eigenvalue weighted by Crippen LogP contribution is 2.05. The van der Waals surface area contributed by atoms with E-state index in [0.29, 0.717) is 6.42 Å². The van der Waals surface area contributed by atoms with Crippen LogP contribution in [0, 0.1) is 18.2 Å². The Hall–Kier alpha value is -1.69. The molecule has 1 aromatic heterocycles. The first kappa shape index (κ1) is 9.40. The number of pyridine rings is 1. The Bertz CT molecular complexity index is 354. The first-order valence-corrected chi connectivity index (χ1v) is 3.81. The van der Waals surface area contributed by atoms with Gasteiger partial charge in [0.2, 0.25) is 0 Å². The summed E-state index contributed by atoms with van der Waals surface area (Å²) in [5.74, 6) is 1.66. The van der Waals surface area contributed by atoms with Gasteiger partial charge in [0.05, 0.1) is 6.20 Å². The average molecular weight is 177 g/mol. The van der Waals surface area contributed by atoms with Crippen molar-refractivity contribution in [3.05, 3.63) is 29.8 Å². The first-order chi connectivity index (χ1) is 6.24. The van der Waals surface area contributed by atoms with E-state index in [1.807, 2.05) is 0 Å². The smallest absolute Gasteiger partial charge is 0.165 e. The molecule has 0 aliphatic carbocycles. The van der Waals surface area contributed by atoms with Crippen LogP contribution in [0.15, 0.2) is 18.5 Å². The lowest BCUT2D eigenvalue weighted by molar-refractivity contribution is 0.0983. The van der Waals surface area contributed by atoms with Crippen molar-refractivity contribution in [2.45, 2.75) is 12.8 Å². The highest BCUT2D eigenvalue weighted by atomic mass is 19.1. The second kappa shape index (κ2) is 4.36. The van der Waals surface area contributed by atoms with Crippen LogP contribution in [-0.4, -0.2) is 10.8 Å². The van der Waals surface area contributed by atoms with Crippen molar-refractivity contribution in [1.82, 2.24) is 4.98 Å². The third-order valence-electron chi connectivity index (χ3n) is 1.52.